The lowest BCUT2D eigenvalue weighted by atomic mass is 10.1. The average Bonchev–Trinajstić information content (AvgIpc) is 2.75. The van der Waals surface area contributed by atoms with Gasteiger partial charge in [0, 0.05) is 25.1 Å². The van der Waals surface area contributed by atoms with E-state index in [-0.39, 0.29) is 5.91 Å². The molecule has 1 aromatic rings. The average molecular weight is 248 g/mol. The van der Waals surface area contributed by atoms with Crippen molar-refractivity contribution in [1.29, 1.82) is 0 Å². The van der Waals surface area contributed by atoms with E-state index in [1.165, 1.54) is 4.90 Å². The summed E-state index contributed by atoms with van der Waals surface area (Å²) in [5.41, 5.74) is 1.65. The molecule has 1 aliphatic rings. The first-order valence-electron chi connectivity index (χ1n) is 5.92. The van der Waals surface area contributed by atoms with Crippen LogP contribution in [0.1, 0.15) is 12.0 Å². The fourth-order valence-corrected chi connectivity index (χ4v) is 2.24. The molecule has 1 heterocycles. The first kappa shape index (κ1) is 12.6. The number of anilines is 1. The van der Waals surface area contributed by atoms with Crippen molar-refractivity contribution in [2.75, 3.05) is 18.5 Å². The molecule has 0 bridgehead atoms. The molecule has 5 heteroatoms. The molecule has 0 aromatic heterocycles. The standard InChI is InChI=1S/C13H16N2O3/c1-14-7-6-12(16)15-10-5-3-2-4-9(10)8-11(15)13(17)18/h2-5,11,14H,6-8H2,1H3,(H,17,18)/t11-/m0/s1. The molecule has 1 amide bonds. The van der Waals surface area contributed by atoms with Crippen LogP contribution >= 0.6 is 0 Å². The molecule has 18 heavy (non-hydrogen) atoms. The van der Waals surface area contributed by atoms with Crippen molar-refractivity contribution in [2.24, 2.45) is 0 Å². The second-order valence-electron chi connectivity index (χ2n) is 4.30. The highest BCUT2D eigenvalue weighted by Gasteiger charge is 2.37. The van der Waals surface area contributed by atoms with E-state index in [0.717, 1.165) is 11.3 Å². The summed E-state index contributed by atoms with van der Waals surface area (Å²) in [7, 11) is 1.76. The molecule has 5 nitrogen and oxygen atoms in total. The number of rotatable bonds is 4. The number of carboxylic acid groups (broad SMARTS) is 1. The van der Waals surface area contributed by atoms with Gasteiger partial charge in [0.05, 0.1) is 0 Å². The molecule has 0 fully saturated rings. The van der Waals surface area contributed by atoms with Gasteiger partial charge < -0.3 is 10.4 Å². The third-order valence-corrected chi connectivity index (χ3v) is 3.12. The monoisotopic (exact) mass is 248 g/mol. The van der Waals surface area contributed by atoms with Gasteiger partial charge in [-0.2, -0.15) is 0 Å². The minimum atomic E-state index is -0.955. The van der Waals surface area contributed by atoms with E-state index < -0.39 is 12.0 Å². The van der Waals surface area contributed by atoms with Crippen molar-refractivity contribution in [3.63, 3.8) is 0 Å². The number of fused-ring (bicyclic) bond motifs is 1. The highest BCUT2D eigenvalue weighted by atomic mass is 16.4. The van der Waals surface area contributed by atoms with Crippen LogP contribution in [0.2, 0.25) is 0 Å². The van der Waals surface area contributed by atoms with Crippen molar-refractivity contribution in [3.05, 3.63) is 29.8 Å². The zero-order valence-electron chi connectivity index (χ0n) is 10.2. The number of carboxylic acids is 1. The van der Waals surface area contributed by atoms with Crippen molar-refractivity contribution < 1.29 is 14.7 Å². The van der Waals surface area contributed by atoms with Crippen molar-refractivity contribution in [1.82, 2.24) is 5.32 Å². The maximum absolute atomic E-state index is 12.1. The predicted molar refractivity (Wildman–Crippen MR) is 67.6 cm³/mol. The number of nitrogens with zero attached hydrogens (tertiary/aromatic N) is 1. The Labute approximate surface area is 105 Å². The van der Waals surface area contributed by atoms with Crippen LogP contribution in [0.5, 0.6) is 0 Å². The number of aliphatic carboxylic acids is 1. The summed E-state index contributed by atoms with van der Waals surface area (Å²) >= 11 is 0. The lowest BCUT2D eigenvalue weighted by molar-refractivity contribution is -0.139. The molecule has 0 aliphatic carbocycles. The Morgan fingerprint density at radius 2 is 2.17 bits per heavy atom. The Morgan fingerprint density at radius 1 is 1.44 bits per heavy atom. The summed E-state index contributed by atoms with van der Waals surface area (Å²) in [6.07, 6.45) is 0.686. The van der Waals surface area contributed by atoms with Gasteiger partial charge in [-0.1, -0.05) is 18.2 Å². The van der Waals surface area contributed by atoms with E-state index in [1.54, 1.807) is 13.1 Å². The lowest BCUT2D eigenvalue weighted by Gasteiger charge is -2.22. The van der Waals surface area contributed by atoms with E-state index in [2.05, 4.69) is 5.32 Å². The van der Waals surface area contributed by atoms with Crippen LogP contribution in [-0.4, -0.2) is 36.6 Å². The molecule has 0 saturated carbocycles. The molecule has 2 rings (SSSR count). The molecule has 1 atom stereocenters. The van der Waals surface area contributed by atoms with Crippen LogP contribution in [0.15, 0.2) is 24.3 Å². The molecule has 0 saturated heterocycles. The second kappa shape index (κ2) is 5.18. The van der Waals surface area contributed by atoms with Crippen molar-refractivity contribution in [3.8, 4) is 0 Å². The maximum atomic E-state index is 12.1. The molecule has 0 unspecified atom stereocenters. The molecular formula is C13H16N2O3. The third kappa shape index (κ3) is 2.22. The van der Waals surface area contributed by atoms with Crippen LogP contribution in [0.25, 0.3) is 0 Å². The largest absolute Gasteiger partial charge is 0.480 e. The summed E-state index contributed by atoms with van der Waals surface area (Å²) in [5.74, 6) is -1.11. The van der Waals surface area contributed by atoms with E-state index in [9.17, 15) is 14.7 Å². The number of hydrogen-bond donors (Lipinski definition) is 2. The van der Waals surface area contributed by atoms with Gasteiger partial charge >= 0.3 is 5.97 Å². The Hall–Kier alpha value is -1.88. The van der Waals surface area contributed by atoms with Gasteiger partial charge in [-0.15, -0.1) is 0 Å². The molecule has 96 valence electrons. The molecule has 0 radical (unpaired) electrons. The summed E-state index contributed by atoms with van der Waals surface area (Å²) in [6, 6.07) is 6.58. The summed E-state index contributed by atoms with van der Waals surface area (Å²) in [4.78, 5) is 24.8. The van der Waals surface area contributed by atoms with E-state index in [0.29, 0.717) is 19.4 Å². The number of nitrogens with one attached hydrogen (secondary N) is 1. The Bertz CT molecular complexity index is 473. The predicted octanol–water partition coefficient (Wildman–Crippen LogP) is 0.638. The van der Waals surface area contributed by atoms with Crippen LogP contribution < -0.4 is 10.2 Å². The molecular weight excluding hydrogens is 232 g/mol. The number of hydrogen-bond acceptors (Lipinski definition) is 3. The number of carbonyl (C=O) groups is 2. The third-order valence-electron chi connectivity index (χ3n) is 3.12. The summed E-state index contributed by atoms with van der Waals surface area (Å²) in [6.45, 7) is 0.545. The van der Waals surface area contributed by atoms with Gasteiger partial charge in [-0.25, -0.2) is 4.79 Å². The van der Waals surface area contributed by atoms with E-state index in [4.69, 9.17) is 0 Å². The number of benzene rings is 1. The van der Waals surface area contributed by atoms with Crippen molar-refractivity contribution >= 4 is 17.6 Å². The van der Waals surface area contributed by atoms with Crippen LogP contribution in [0.4, 0.5) is 5.69 Å². The van der Waals surface area contributed by atoms with Crippen LogP contribution in [-0.2, 0) is 16.0 Å². The quantitative estimate of drug-likeness (QED) is 0.820. The van der Waals surface area contributed by atoms with Gasteiger partial charge in [0.2, 0.25) is 5.91 Å². The zero-order chi connectivity index (χ0) is 13.1. The Morgan fingerprint density at radius 3 is 2.83 bits per heavy atom. The van der Waals surface area contributed by atoms with Gasteiger partial charge in [0.25, 0.3) is 0 Å². The summed E-state index contributed by atoms with van der Waals surface area (Å²) in [5, 5.41) is 12.1. The maximum Gasteiger partial charge on any atom is 0.327 e. The summed E-state index contributed by atoms with van der Waals surface area (Å²) < 4.78 is 0. The zero-order valence-corrected chi connectivity index (χ0v) is 10.2. The highest BCUT2D eigenvalue weighted by molar-refractivity contribution is 6.01. The normalized spacial score (nSPS) is 17.6. The van der Waals surface area contributed by atoms with E-state index >= 15 is 0 Å². The minimum Gasteiger partial charge on any atom is -0.480 e. The second-order valence-corrected chi connectivity index (χ2v) is 4.30. The SMILES string of the molecule is CNCCC(=O)N1c2ccccc2C[C@H]1C(=O)O. The first-order valence-corrected chi connectivity index (χ1v) is 5.92. The smallest absolute Gasteiger partial charge is 0.327 e. The van der Waals surface area contributed by atoms with Gasteiger partial charge in [-0.05, 0) is 18.7 Å². The minimum absolute atomic E-state index is 0.151. The van der Waals surface area contributed by atoms with Gasteiger partial charge in [0.15, 0.2) is 0 Å². The highest BCUT2D eigenvalue weighted by Crippen LogP contribution is 2.32. The number of para-hydroxylation sites is 1. The molecule has 2 N–H and O–H groups in total. The van der Waals surface area contributed by atoms with Gasteiger partial charge in [-0.3, -0.25) is 9.69 Å². The fourth-order valence-electron chi connectivity index (χ4n) is 2.24. The molecule has 0 spiro atoms. The first-order chi connectivity index (χ1) is 8.65. The lowest BCUT2D eigenvalue weighted by Crippen LogP contribution is -2.43. The fraction of sp³-hybridized carbons (Fsp3) is 0.385. The number of carbonyl (C=O) groups excluding carboxylic acids is 1. The molecule has 1 aliphatic heterocycles. The van der Waals surface area contributed by atoms with Crippen LogP contribution in [0, 0.1) is 0 Å². The van der Waals surface area contributed by atoms with E-state index in [1.807, 2.05) is 18.2 Å². The Balaban J connectivity index is 2.28. The topological polar surface area (TPSA) is 69.6 Å². The van der Waals surface area contributed by atoms with Crippen molar-refractivity contribution in [2.45, 2.75) is 18.9 Å². The van der Waals surface area contributed by atoms with Gasteiger partial charge in [0.1, 0.15) is 6.04 Å². The Kier molecular flexibility index (Phi) is 3.62. The molecule has 1 aromatic carbocycles. The number of amides is 1. The van der Waals surface area contributed by atoms with Crippen LogP contribution in [0.3, 0.4) is 0 Å².